The van der Waals surface area contributed by atoms with Gasteiger partial charge < -0.3 is 9.47 Å². The topological polar surface area (TPSA) is 35.5 Å². The molecule has 136 valence electrons. The van der Waals surface area contributed by atoms with Crippen LogP contribution in [-0.4, -0.2) is 25.8 Å². The molecule has 0 spiro atoms. The Bertz CT molecular complexity index is 503. The molecular weight excluding hydrogens is 300 g/mol. The van der Waals surface area contributed by atoms with E-state index in [1.165, 1.54) is 44.9 Å². The predicted octanol–water partition coefficient (Wildman–Crippen LogP) is 4.59. The van der Waals surface area contributed by atoms with Gasteiger partial charge in [0.15, 0.2) is 0 Å². The number of methoxy groups -OCH3 is 1. The van der Waals surface area contributed by atoms with Crippen molar-refractivity contribution in [3.05, 3.63) is 0 Å². The van der Waals surface area contributed by atoms with Crippen LogP contribution in [0.2, 0.25) is 0 Å². The van der Waals surface area contributed by atoms with Gasteiger partial charge in [0.1, 0.15) is 12.6 Å². The summed E-state index contributed by atoms with van der Waals surface area (Å²) in [5, 5.41) is 0. The SMILES string of the molecule is COCO[C@@H]1CC[C@@]2(C)[C@H](CC[C@H]3[C@@H]4CC(=O)C[C@@]4(C)CC[C@@H]32)C1. The molecule has 0 heterocycles. The second-order valence-corrected chi connectivity index (χ2v) is 9.74. The largest absolute Gasteiger partial charge is 0.359 e. The fourth-order valence-electron chi connectivity index (χ4n) is 7.31. The maximum Gasteiger partial charge on any atom is 0.146 e. The minimum absolute atomic E-state index is 0.320. The van der Waals surface area contributed by atoms with Crippen molar-refractivity contribution in [1.82, 2.24) is 0 Å². The lowest BCUT2D eigenvalue weighted by molar-refractivity contribution is -0.149. The fraction of sp³-hybridized carbons (Fsp3) is 0.952. The van der Waals surface area contributed by atoms with E-state index in [-0.39, 0.29) is 0 Å². The van der Waals surface area contributed by atoms with Gasteiger partial charge in [0.25, 0.3) is 0 Å². The summed E-state index contributed by atoms with van der Waals surface area (Å²) >= 11 is 0. The zero-order valence-electron chi connectivity index (χ0n) is 15.7. The smallest absolute Gasteiger partial charge is 0.146 e. The standard InChI is InChI=1S/C21H34O3/c1-20-8-7-18-17(19(20)11-15(22)12-20)5-4-14-10-16(24-13-23-3)6-9-21(14,18)2/h14,16-19H,4-13H2,1-3H3/t14-,16-,17-,18+,19+,20-,21+/m1/s1. The molecule has 0 aromatic carbocycles. The van der Waals surface area contributed by atoms with Gasteiger partial charge in [-0.1, -0.05) is 13.8 Å². The Morgan fingerprint density at radius 2 is 1.92 bits per heavy atom. The molecule has 4 rings (SSSR count). The van der Waals surface area contributed by atoms with Gasteiger partial charge in [0.05, 0.1) is 6.10 Å². The summed E-state index contributed by atoms with van der Waals surface area (Å²) in [6.07, 6.45) is 11.1. The van der Waals surface area contributed by atoms with Crippen molar-refractivity contribution in [2.45, 2.75) is 77.7 Å². The molecular formula is C21H34O3. The molecule has 4 aliphatic carbocycles. The lowest BCUT2D eigenvalue weighted by Gasteiger charge is -2.60. The van der Waals surface area contributed by atoms with Crippen LogP contribution in [0, 0.1) is 34.5 Å². The first-order valence-electron chi connectivity index (χ1n) is 10.1. The highest BCUT2D eigenvalue weighted by atomic mass is 16.7. The number of ether oxygens (including phenoxy) is 2. The van der Waals surface area contributed by atoms with Gasteiger partial charge in [-0.3, -0.25) is 4.79 Å². The number of Topliss-reactive ketones (excluding diaryl/α,β-unsaturated/α-hetero) is 1. The first-order chi connectivity index (χ1) is 11.5. The second kappa shape index (κ2) is 6.09. The first kappa shape index (κ1) is 17.0. The molecule has 0 saturated heterocycles. The van der Waals surface area contributed by atoms with Crippen molar-refractivity contribution in [3.8, 4) is 0 Å². The van der Waals surface area contributed by atoms with Crippen molar-refractivity contribution in [1.29, 1.82) is 0 Å². The third-order valence-corrected chi connectivity index (χ3v) is 8.61. The monoisotopic (exact) mass is 334 g/mol. The summed E-state index contributed by atoms with van der Waals surface area (Å²) < 4.78 is 11.0. The molecule has 7 atom stereocenters. The van der Waals surface area contributed by atoms with Crippen LogP contribution in [0.1, 0.15) is 71.6 Å². The van der Waals surface area contributed by atoms with Crippen molar-refractivity contribution in [3.63, 3.8) is 0 Å². The van der Waals surface area contributed by atoms with E-state index in [9.17, 15) is 4.79 Å². The third-order valence-electron chi connectivity index (χ3n) is 8.61. The Kier molecular flexibility index (Phi) is 4.32. The molecule has 0 aromatic heterocycles. The Hall–Kier alpha value is -0.410. The number of carbonyl (C=O) groups is 1. The van der Waals surface area contributed by atoms with Crippen LogP contribution < -0.4 is 0 Å². The van der Waals surface area contributed by atoms with Gasteiger partial charge in [-0.25, -0.2) is 0 Å². The zero-order valence-corrected chi connectivity index (χ0v) is 15.7. The summed E-state index contributed by atoms with van der Waals surface area (Å²) in [4.78, 5) is 12.2. The molecule has 0 N–H and O–H groups in total. The third kappa shape index (κ3) is 2.58. The van der Waals surface area contributed by atoms with Gasteiger partial charge in [-0.2, -0.15) is 0 Å². The van der Waals surface area contributed by atoms with Gasteiger partial charge in [-0.05, 0) is 79.4 Å². The van der Waals surface area contributed by atoms with E-state index in [2.05, 4.69) is 13.8 Å². The average Bonchev–Trinajstić information content (AvgIpc) is 2.87. The van der Waals surface area contributed by atoms with Crippen molar-refractivity contribution in [2.24, 2.45) is 34.5 Å². The Balaban J connectivity index is 1.51. The molecule has 24 heavy (non-hydrogen) atoms. The molecule has 3 heteroatoms. The Morgan fingerprint density at radius 1 is 1.08 bits per heavy atom. The highest BCUT2D eigenvalue weighted by molar-refractivity contribution is 5.82. The van der Waals surface area contributed by atoms with E-state index in [1.807, 2.05) is 0 Å². The van der Waals surface area contributed by atoms with Gasteiger partial charge in [0.2, 0.25) is 0 Å². The Labute approximate surface area is 146 Å². The van der Waals surface area contributed by atoms with Gasteiger partial charge in [-0.15, -0.1) is 0 Å². The quantitative estimate of drug-likeness (QED) is 0.708. The number of hydrogen-bond donors (Lipinski definition) is 0. The van der Waals surface area contributed by atoms with Gasteiger partial charge in [0, 0.05) is 20.0 Å². The van der Waals surface area contributed by atoms with Crippen LogP contribution in [-0.2, 0) is 14.3 Å². The minimum atomic E-state index is 0.320. The fourth-order valence-corrected chi connectivity index (χ4v) is 7.31. The van der Waals surface area contributed by atoms with Crippen LogP contribution in [0.4, 0.5) is 0 Å². The van der Waals surface area contributed by atoms with E-state index < -0.39 is 0 Å². The highest BCUT2D eigenvalue weighted by Gasteiger charge is 2.59. The molecule has 0 bridgehead atoms. The lowest BCUT2D eigenvalue weighted by Crippen LogP contribution is -2.53. The highest BCUT2D eigenvalue weighted by Crippen LogP contribution is 2.65. The van der Waals surface area contributed by atoms with E-state index in [1.54, 1.807) is 7.11 Å². The van der Waals surface area contributed by atoms with E-state index in [0.29, 0.717) is 35.4 Å². The van der Waals surface area contributed by atoms with Crippen LogP contribution in [0.5, 0.6) is 0 Å². The molecule has 0 unspecified atom stereocenters. The second-order valence-electron chi connectivity index (χ2n) is 9.74. The summed E-state index contributed by atoms with van der Waals surface area (Å²) in [5.41, 5.74) is 0.795. The lowest BCUT2D eigenvalue weighted by atomic mass is 9.45. The number of ketones is 1. The summed E-state index contributed by atoms with van der Waals surface area (Å²) in [6, 6.07) is 0. The maximum atomic E-state index is 12.2. The van der Waals surface area contributed by atoms with Crippen molar-refractivity contribution >= 4 is 5.78 Å². The molecule has 0 amide bonds. The summed E-state index contributed by atoms with van der Waals surface area (Å²) in [5.74, 6) is 3.64. The molecule has 4 saturated carbocycles. The predicted molar refractivity (Wildman–Crippen MR) is 93.5 cm³/mol. The Morgan fingerprint density at radius 3 is 2.71 bits per heavy atom. The van der Waals surface area contributed by atoms with Crippen molar-refractivity contribution < 1.29 is 14.3 Å². The molecule has 4 aliphatic rings. The number of fused-ring (bicyclic) bond motifs is 5. The summed E-state index contributed by atoms with van der Waals surface area (Å²) in [6.45, 7) is 5.41. The first-order valence-corrected chi connectivity index (χ1v) is 10.1. The minimum Gasteiger partial charge on any atom is -0.359 e. The van der Waals surface area contributed by atoms with Crippen molar-refractivity contribution in [2.75, 3.05) is 13.9 Å². The zero-order chi connectivity index (χ0) is 16.9. The number of rotatable bonds is 3. The summed E-state index contributed by atoms with van der Waals surface area (Å²) in [7, 11) is 1.71. The normalized spacial score (nSPS) is 51.0. The number of carbonyl (C=O) groups excluding carboxylic acids is 1. The van der Waals surface area contributed by atoms with Crippen LogP contribution in [0.25, 0.3) is 0 Å². The van der Waals surface area contributed by atoms with Gasteiger partial charge >= 0.3 is 0 Å². The van der Waals surface area contributed by atoms with E-state index >= 15 is 0 Å². The molecule has 0 aliphatic heterocycles. The average molecular weight is 335 g/mol. The molecule has 3 nitrogen and oxygen atoms in total. The maximum absolute atomic E-state index is 12.2. The van der Waals surface area contributed by atoms with Crippen LogP contribution in [0.3, 0.4) is 0 Å². The molecule has 0 radical (unpaired) electrons. The number of hydrogen-bond acceptors (Lipinski definition) is 3. The van der Waals surface area contributed by atoms with Crippen LogP contribution >= 0.6 is 0 Å². The molecule has 4 fully saturated rings. The van der Waals surface area contributed by atoms with E-state index in [0.717, 1.165) is 30.6 Å². The molecule has 0 aromatic rings. The van der Waals surface area contributed by atoms with E-state index in [4.69, 9.17) is 9.47 Å². The van der Waals surface area contributed by atoms with Crippen LogP contribution in [0.15, 0.2) is 0 Å².